The highest BCUT2D eigenvalue weighted by atomic mass is 32.2. The molecule has 10 heteroatoms. The zero-order valence-electron chi connectivity index (χ0n) is 22.9. The number of nitrogens with one attached hydrogen (secondary N) is 2. The summed E-state index contributed by atoms with van der Waals surface area (Å²) in [6, 6.07) is 28.0. The Hall–Kier alpha value is -4.67. The molecule has 0 spiro atoms. The van der Waals surface area contributed by atoms with Crippen LogP contribution < -0.4 is 19.8 Å². The Morgan fingerprint density at radius 3 is 2.47 bits per heavy atom. The molecule has 4 aromatic carbocycles. The number of benzene rings is 4. The molecule has 0 radical (unpaired) electrons. The summed E-state index contributed by atoms with van der Waals surface area (Å²) in [7, 11) is 0. The lowest BCUT2D eigenvalue weighted by atomic mass is 9.82. The summed E-state index contributed by atoms with van der Waals surface area (Å²) in [6.45, 7) is 1.68. The maximum Gasteiger partial charge on any atom is 0.305 e. The smallest absolute Gasteiger partial charge is 0.305 e. The molecule has 2 N–H and O–H groups in total. The minimum absolute atomic E-state index is 0.258. The average molecular weight is 608 g/mol. The molecule has 1 fully saturated rings. The van der Waals surface area contributed by atoms with Crippen LogP contribution in [0.5, 0.6) is 5.75 Å². The molecule has 3 atom stereocenters. The highest BCUT2D eigenvalue weighted by Gasteiger charge is 2.56. The number of aromatic nitrogens is 1. The number of imide groups is 1. The number of hydrogen-bond acceptors (Lipinski definition) is 7. The van der Waals surface area contributed by atoms with Crippen LogP contribution in [-0.2, 0) is 14.4 Å². The number of nitrogens with zero attached hydrogens (tertiary/aromatic N) is 1. The molecule has 0 aliphatic carbocycles. The van der Waals surface area contributed by atoms with Crippen molar-refractivity contribution in [3.05, 3.63) is 117 Å². The van der Waals surface area contributed by atoms with Gasteiger partial charge in [0.15, 0.2) is 6.61 Å². The van der Waals surface area contributed by atoms with E-state index in [0.29, 0.717) is 32.6 Å². The zero-order valence-corrected chi connectivity index (χ0v) is 24.5. The first-order valence-corrected chi connectivity index (χ1v) is 15.4. The van der Waals surface area contributed by atoms with Crippen LogP contribution in [0.4, 0.5) is 11.4 Å². The van der Waals surface area contributed by atoms with Crippen LogP contribution in [-0.4, -0.2) is 34.6 Å². The number of hydrogen-bond donors (Lipinski definition) is 2. The molecule has 2 aliphatic heterocycles. The minimum Gasteiger partial charge on any atom is -0.483 e. The van der Waals surface area contributed by atoms with Crippen LogP contribution in [0.25, 0.3) is 10.8 Å². The highest BCUT2D eigenvalue weighted by molar-refractivity contribution is 8.00. The second kappa shape index (κ2) is 10.9. The molecule has 1 aromatic heterocycles. The van der Waals surface area contributed by atoms with Crippen LogP contribution in [0.1, 0.15) is 21.9 Å². The molecule has 8 nitrogen and oxygen atoms in total. The predicted octanol–water partition coefficient (Wildman–Crippen LogP) is 5.71. The van der Waals surface area contributed by atoms with E-state index in [1.165, 1.54) is 16.7 Å². The lowest BCUT2D eigenvalue weighted by Crippen LogP contribution is -2.32. The van der Waals surface area contributed by atoms with E-state index >= 15 is 0 Å². The highest BCUT2D eigenvalue weighted by Crippen LogP contribution is 2.54. The summed E-state index contributed by atoms with van der Waals surface area (Å²) in [4.78, 5) is 57.6. The number of carbonyl (C=O) groups is 3. The Morgan fingerprint density at radius 2 is 1.65 bits per heavy atom. The minimum atomic E-state index is -0.756. The topological polar surface area (TPSA) is 109 Å². The normalized spacial score (nSPS) is 19.3. The van der Waals surface area contributed by atoms with Gasteiger partial charge in [-0.15, -0.1) is 0 Å². The quantitative estimate of drug-likeness (QED) is 0.240. The Labute approximate surface area is 254 Å². The van der Waals surface area contributed by atoms with Crippen LogP contribution in [0.15, 0.2) is 101 Å². The van der Waals surface area contributed by atoms with Crippen molar-refractivity contribution in [2.45, 2.75) is 23.1 Å². The number of carbonyl (C=O) groups excluding carboxylic acids is 3. The van der Waals surface area contributed by atoms with E-state index in [2.05, 4.69) is 10.3 Å². The lowest BCUT2D eigenvalue weighted by molar-refractivity contribution is -0.122. The van der Waals surface area contributed by atoms with E-state index in [9.17, 15) is 19.2 Å². The van der Waals surface area contributed by atoms with Crippen LogP contribution in [0.2, 0.25) is 0 Å². The molecule has 0 saturated carbocycles. The second-order valence-corrected chi connectivity index (χ2v) is 12.7. The number of amides is 3. The van der Waals surface area contributed by atoms with Gasteiger partial charge in [0.05, 0.1) is 16.6 Å². The number of para-hydroxylation sites is 1. The van der Waals surface area contributed by atoms with Gasteiger partial charge in [0.25, 0.3) is 5.91 Å². The molecule has 5 aromatic rings. The van der Waals surface area contributed by atoms with E-state index in [1.807, 2.05) is 73.7 Å². The molecule has 214 valence electrons. The number of ether oxygens (including phenoxy) is 1. The number of H-pyrrole nitrogens is 1. The molecule has 1 saturated heterocycles. The van der Waals surface area contributed by atoms with Gasteiger partial charge < -0.3 is 15.0 Å². The summed E-state index contributed by atoms with van der Waals surface area (Å²) < 4.78 is 6.06. The summed E-state index contributed by atoms with van der Waals surface area (Å²) in [6.07, 6.45) is 0. The monoisotopic (exact) mass is 607 g/mol. The van der Waals surface area contributed by atoms with Crippen molar-refractivity contribution in [3.8, 4) is 5.75 Å². The number of aryl methyl sites for hydroxylation is 1. The van der Waals surface area contributed by atoms with Crippen LogP contribution >= 0.6 is 23.1 Å². The Bertz CT molecular complexity index is 1970. The van der Waals surface area contributed by atoms with Gasteiger partial charge in [-0.25, -0.2) is 4.90 Å². The molecular formula is C33H25N3O5S2. The third-order valence-corrected chi connectivity index (χ3v) is 10.2. The van der Waals surface area contributed by atoms with Gasteiger partial charge in [0.2, 0.25) is 11.8 Å². The number of thioether (sulfide) groups is 1. The van der Waals surface area contributed by atoms with Crippen molar-refractivity contribution in [1.29, 1.82) is 0 Å². The number of aromatic amines is 1. The van der Waals surface area contributed by atoms with Gasteiger partial charge in [-0.05, 0) is 48.0 Å². The third-order valence-electron chi connectivity index (χ3n) is 7.76. The molecular weight excluding hydrogens is 583 g/mol. The van der Waals surface area contributed by atoms with E-state index in [4.69, 9.17) is 4.74 Å². The molecule has 0 bridgehead atoms. The zero-order chi connectivity index (χ0) is 29.7. The molecule has 43 heavy (non-hydrogen) atoms. The molecule has 7 rings (SSSR count). The fraction of sp³-hybridized carbons (Fsp3) is 0.152. The fourth-order valence-corrected chi connectivity index (χ4v) is 8.28. The van der Waals surface area contributed by atoms with E-state index in [0.717, 1.165) is 27.7 Å². The summed E-state index contributed by atoms with van der Waals surface area (Å²) >= 11 is 2.26. The van der Waals surface area contributed by atoms with Gasteiger partial charge in [-0.2, -0.15) is 0 Å². The first-order chi connectivity index (χ1) is 20.9. The van der Waals surface area contributed by atoms with E-state index in [-0.39, 0.29) is 29.2 Å². The first kappa shape index (κ1) is 27.2. The molecule has 2 aliphatic rings. The molecule has 3 amide bonds. The predicted molar refractivity (Wildman–Crippen MR) is 168 cm³/mol. The largest absolute Gasteiger partial charge is 0.483 e. The molecule has 3 heterocycles. The van der Waals surface area contributed by atoms with Gasteiger partial charge in [0, 0.05) is 22.0 Å². The Kier molecular flexibility index (Phi) is 6.87. The van der Waals surface area contributed by atoms with Gasteiger partial charge in [0.1, 0.15) is 11.0 Å². The van der Waals surface area contributed by atoms with Gasteiger partial charge in [-0.1, -0.05) is 89.3 Å². The van der Waals surface area contributed by atoms with Crippen molar-refractivity contribution in [1.82, 2.24) is 4.98 Å². The summed E-state index contributed by atoms with van der Waals surface area (Å²) in [5.74, 6) is -1.95. The van der Waals surface area contributed by atoms with E-state index in [1.54, 1.807) is 24.3 Å². The SMILES string of the molecule is Cc1ccc(N2C(=O)[C@H]3[C@H](c4ccccc4OCC(=O)Nc4ccc5ccccc5c4)c4sc(=O)[nH]c4S[C@H]3C2=O)cc1. The van der Waals surface area contributed by atoms with Crippen molar-refractivity contribution in [2.24, 2.45) is 5.92 Å². The van der Waals surface area contributed by atoms with Crippen molar-refractivity contribution in [2.75, 3.05) is 16.8 Å². The fourth-order valence-electron chi connectivity index (χ4n) is 5.78. The number of thiazole rings is 1. The maximum atomic E-state index is 14.0. The summed E-state index contributed by atoms with van der Waals surface area (Å²) in [5, 5.41) is 4.82. The van der Waals surface area contributed by atoms with Crippen LogP contribution in [0, 0.1) is 12.8 Å². The van der Waals surface area contributed by atoms with Gasteiger partial charge in [-0.3, -0.25) is 19.2 Å². The second-order valence-electron chi connectivity index (χ2n) is 10.5. The van der Waals surface area contributed by atoms with Crippen molar-refractivity contribution < 1.29 is 19.1 Å². The average Bonchev–Trinajstić information content (AvgIpc) is 3.50. The standard InChI is InChI=1S/C33H25N3O5S2/c1-18-10-14-22(15-11-18)36-31(38)27-26(28-30(35-33(40)43-28)42-29(27)32(36)39)23-8-4-5-9-24(23)41-17-25(37)34-21-13-12-19-6-2-3-7-20(19)16-21/h2-16,26-27,29H,17H2,1H3,(H,34,37)(H,35,40)/t26-,27-,29+/m0/s1. The Morgan fingerprint density at radius 1 is 0.907 bits per heavy atom. The summed E-state index contributed by atoms with van der Waals surface area (Å²) in [5.41, 5.74) is 2.82. The lowest BCUT2D eigenvalue weighted by Gasteiger charge is -2.30. The third kappa shape index (κ3) is 4.92. The number of rotatable bonds is 6. The van der Waals surface area contributed by atoms with Crippen LogP contribution in [0.3, 0.4) is 0 Å². The molecule has 0 unspecified atom stereocenters. The maximum absolute atomic E-state index is 14.0. The number of fused-ring (bicyclic) bond motifs is 3. The number of anilines is 2. The van der Waals surface area contributed by atoms with Crippen molar-refractivity contribution >= 4 is 63.0 Å². The van der Waals surface area contributed by atoms with Crippen molar-refractivity contribution in [3.63, 3.8) is 0 Å². The first-order valence-electron chi connectivity index (χ1n) is 13.7. The Balaban J connectivity index is 1.19. The van der Waals surface area contributed by atoms with E-state index < -0.39 is 17.1 Å². The van der Waals surface area contributed by atoms with Gasteiger partial charge >= 0.3 is 4.87 Å².